The summed E-state index contributed by atoms with van der Waals surface area (Å²) in [5.41, 5.74) is 1.33. The predicted octanol–water partition coefficient (Wildman–Crippen LogP) is 4.54. The van der Waals surface area contributed by atoms with Gasteiger partial charge in [0.25, 0.3) is 0 Å². The highest BCUT2D eigenvalue weighted by Crippen LogP contribution is 2.30. The number of aromatic nitrogens is 1. The molecule has 3 rings (SSSR count). The predicted molar refractivity (Wildman–Crippen MR) is 84.8 cm³/mol. The van der Waals surface area contributed by atoms with Crippen molar-refractivity contribution in [3.8, 4) is 5.75 Å². The highest BCUT2D eigenvalue weighted by molar-refractivity contribution is 7.18. The zero-order chi connectivity index (χ0) is 17.4. The molecule has 3 nitrogen and oxygen atoms in total. The van der Waals surface area contributed by atoms with E-state index in [-0.39, 0.29) is 16.6 Å². The monoisotopic (exact) mass is 351 g/mol. The van der Waals surface area contributed by atoms with Crippen molar-refractivity contribution in [2.24, 2.45) is 0 Å². The lowest BCUT2D eigenvalue weighted by Crippen LogP contribution is -2.02. The molecule has 0 saturated carbocycles. The zero-order valence-corrected chi connectivity index (χ0v) is 13.6. The molecule has 0 saturated heterocycles. The summed E-state index contributed by atoms with van der Waals surface area (Å²) in [6.07, 6.45) is 0.287. The Balaban J connectivity index is 1.98. The Morgan fingerprint density at radius 3 is 2.62 bits per heavy atom. The first-order valence-electron chi connectivity index (χ1n) is 7.05. The minimum absolute atomic E-state index is 0.0169. The third-order valence-electron chi connectivity index (χ3n) is 3.29. The molecule has 0 amide bonds. The minimum Gasteiger partial charge on any atom is -0.427 e. The smallest absolute Gasteiger partial charge is 0.308 e. The van der Waals surface area contributed by atoms with E-state index in [9.17, 15) is 18.0 Å². The van der Waals surface area contributed by atoms with Gasteiger partial charge < -0.3 is 4.74 Å². The standard InChI is InChI=1S/C17H12F3NO2S/c1-8-3-10(5-11(4-8)23-9(2)22)6-14-21-16-15(20)12(18)7-13(19)17(16)24-14/h3-5,7H,6H2,1-2H3. The van der Waals surface area contributed by atoms with E-state index in [4.69, 9.17) is 4.74 Å². The Morgan fingerprint density at radius 2 is 1.92 bits per heavy atom. The average Bonchev–Trinajstić information content (AvgIpc) is 2.88. The molecule has 0 aliphatic carbocycles. The van der Waals surface area contributed by atoms with E-state index < -0.39 is 23.4 Å². The number of aryl methyl sites for hydroxylation is 1. The summed E-state index contributed by atoms with van der Waals surface area (Å²) in [5.74, 6) is -3.30. The van der Waals surface area contributed by atoms with Gasteiger partial charge in [-0.25, -0.2) is 18.2 Å². The van der Waals surface area contributed by atoms with Gasteiger partial charge in [0, 0.05) is 19.4 Å². The summed E-state index contributed by atoms with van der Waals surface area (Å²) >= 11 is 0.967. The topological polar surface area (TPSA) is 39.2 Å². The Kier molecular flexibility index (Phi) is 4.28. The first-order valence-corrected chi connectivity index (χ1v) is 7.87. The molecule has 0 atom stereocenters. The Morgan fingerprint density at radius 1 is 1.17 bits per heavy atom. The Labute approximate surface area is 139 Å². The fourth-order valence-corrected chi connectivity index (χ4v) is 3.43. The van der Waals surface area contributed by atoms with Crippen LogP contribution in [-0.4, -0.2) is 11.0 Å². The number of benzene rings is 2. The molecule has 124 valence electrons. The normalized spacial score (nSPS) is 11.0. The Bertz CT molecular complexity index is 953. The van der Waals surface area contributed by atoms with Gasteiger partial charge in [0.15, 0.2) is 11.6 Å². The van der Waals surface area contributed by atoms with Crippen LogP contribution in [0.1, 0.15) is 23.1 Å². The third kappa shape index (κ3) is 3.26. The summed E-state index contributed by atoms with van der Waals surface area (Å²) in [7, 11) is 0. The maximum absolute atomic E-state index is 13.8. The first-order chi connectivity index (χ1) is 11.3. The van der Waals surface area contributed by atoms with Gasteiger partial charge in [-0.15, -0.1) is 11.3 Å². The van der Waals surface area contributed by atoms with Crippen LogP contribution in [0.25, 0.3) is 10.2 Å². The molecule has 0 spiro atoms. The van der Waals surface area contributed by atoms with Crippen molar-refractivity contribution >= 4 is 27.5 Å². The van der Waals surface area contributed by atoms with Crippen LogP contribution in [0.5, 0.6) is 5.75 Å². The number of thiazole rings is 1. The van der Waals surface area contributed by atoms with E-state index >= 15 is 0 Å². The second kappa shape index (κ2) is 6.24. The summed E-state index contributed by atoms with van der Waals surface area (Å²) in [6.45, 7) is 3.14. The van der Waals surface area contributed by atoms with E-state index in [1.807, 2.05) is 13.0 Å². The fraction of sp³-hybridized carbons (Fsp3) is 0.176. The second-order valence-electron chi connectivity index (χ2n) is 5.36. The van der Waals surface area contributed by atoms with Crippen molar-refractivity contribution in [3.63, 3.8) is 0 Å². The van der Waals surface area contributed by atoms with Crippen molar-refractivity contribution < 1.29 is 22.7 Å². The van der Waals surface area contributed by atoms with E-state index in [1.165, 1.54) is 6.92 Å². The van der Waals surface area contributed by atoms with Crippen molar-refractivity contribution in [3.05, 3.63) is 57.9 Å². The highest BCUT2D eigenvalue weighted by atomic mass is 32.1. The van der Waals surface area contributed by atoms with Crippen LogP contribution >= 0.6 is 11.3 Å². The quantitative estimate of drug-likeness (QED) is 0.395. The lowest BCUT2D eigenvalue weighted by atomic mass is 10.1. The molecule has 7 heteroatoms. The number of fused-ring (bicyclic) bond motifs is 1. The number of halogens is 3. The van der Waals surface area contributed by atoms with Crippen molar-refractivity contribution in [1.82, 2.24) is 4.98 Å². The van der Waals surface area contributed by atoms with E-state index in [2.05, 4.69) is 4.98 Å². The molecule has 24 heavy (non-hydrogen) atoms. The summed E-state index contributed by atoms with van der Waals surface area (Å²) in [4.78, 5) is 15.1. The molecule has 0 aliphatic heterocycles. The average molecular weight is 351 g/mol. The number of hydrogen-bond acceptors (Lipinski definition) is 4. The first kappa shape index (κ1) is 16.4. The van der Waals surface area contributed by atoms with Gasteiger partial charge in [-0.05, 0) is 30.2 Å². The maximum Gasteiger partial charge on any atom is 0.308 e. The highest BCUT2D eigenvalue weighted by Gasteiger charge is 2.17. The molecule has 3 aromatic rings. The van der Waals surface area contributed by atoms with Crippen LogP contribution in [0.4, 0.5) is 13.2 Å². The van der Waals surface area contributed by atoms with Crippen molar-refractivity contribution in [2.45, 2.75) is 20.3 Å². The molecule has 1 aromatic heterocycles. The van der Waals surface area contributed by atoms with Crippen molar-refractivity contribution in [1.29, 1.82) is 0 Å². The lowest BCUT2D eigenvalue weighted by Gasteiger charge is -2.06. The van der Waals surface area contributed by atoms with Gasteiger partial charge in [0.05, 0.1) is 9.71 Å². The largest absolute Gasteiger partial charge is 0.427 e. The molecule has 0 aliphatic rings. The van der Waals surface area contributed by atoms with Gasteiger partial charge in [0.2, 0.25) is 0 Å². The maximum atomic E-state index is 13.8. The van der Waals surface area contributed by atoms with E-state index in [0.717, 1.165) is 22.5 Å². The van der Waals surface area contributed by atoms with E-state index in [0.29, 0.717) is 16.8 Å². The summed E-state index contributed by atoms with van der Waals surface area (Å²) < 4.78 is 45.8. The third-order valence-corrected chi connectivity index (χ3v) is 4.35. The van der Waals surface area contributed by atoms with Crippen LogP contribution in [0, 0.1) is 24.4 Å². The summed E-state index contributed by atoms with van der Waals surface area (Å²) in [6, 6.07) is 5.74. The van der Waals surface area contributed by atoms with Crippen LogP contribution in [-0.2, 0) is 11.2 Å². The number of carbonyl (C=O) groups excluding carboxylic acids is 1. The minimum atomic E-state index is -1.26. The lowest BCUT2D eigenvalue weighted by molar-refractivity contribution is -0.131. The zero-order valence-electron chi connectivity index (χ0n) is 12.8. The van der Waals surface area contributed by atoms with Crippen LogP contribution in [0.3, 0.4) is 0 Å². The molecule has 0 radical (unpaired) electrons. The van der Waals surface area contributed by atoms with Gasteiger partial charge in [-0.3, -0.25) is 4.79 Å². The SMILES string of the molecule is CC(=O)Oc1cc(C)cc(Cc2nc3c(F)c(F)cc(F)c3s2)c1. The molecule has 0 bridgehead atoms. The van der Waals surface area contributed by atoms with Crippen molar-refractivity contribution in [2.75, 3.05) is 0 Å². The molecule has 0 fully saturated rings. The number of esters is 1. The second-order valence-corrected chi connectivity index (χ2v) is 6.45. The van der Waals surface area contributed by atoms with Gasteiger partial charge >= 0.3 is 5.97 Å². The summed E-state index contributed by atoms with van der Waals surface area (Å²) in [5, 5.41) is 0.438. The number of rotatable bonds is 3. The van der Waals surface area contributed by atoms with Crippen LogP contribution < -0.4 is 4.74 Å². The molecular weight excluding hydrogens is 339 g/mol. The number of ether oxygens (including phenoxy) is 1. The fourth-order valence-electron chi connectivity index (χ4n) is 2.43. The molecule has 2 aromatic carbocycles. The Hall–Kier alpha value is -2.41. The van der Waals surface area contributed by atoms with Gasteiger partial charge in [-0.1, -0.05) is 6.07 Å². The molecule has 0 unspecified atom stereocenters. The molecule has 1 heterocycles. The van der Waals surface area contributed by atoms with Gasteiger partial charge in [-0.2, -0.15) is 0 Å². The van der Waals surface area contributed by atoms with E-state index in [1.54, 1.807) is 12.1 Å². The number of hydrogen-bond donors (Lipinski definition) is 0. The van der Waals surface area contributed by atoms with Gasteiger partial charge in [0.1, 0.15) is 17.1 Å². The van der Waals surface area contributed by atoms with Crippen LogP contribution in [0.15, 0.2) is 24.3 Å². The number of carbonyl (C=O) groups is 1. The molecule has 0 N–H and O–H groups in total. The van der Waals surface area contributed by atoms with Crippen LogP contribution in [0.2, 0.25) is 0 Å². The molecular formula is C17H12F3NO2S. The number of nitrogens with zero attached hydrogens (tertiary/aromatic N) is 1.